The van der Waals surface area contributed by atoms with Crippen molar-refractivity contribution in [3.63, 3.8) is 0 Å². The first-order valence-electron chi connectivity index (χ1n) is 11.0. The monoisotopic (exact) mass is 561 g/mol. The second-order valence-electron chi connectivity index (χ2n) is 8.51. The van der Waals surface area contributed by atoms with Crippen LogP contribution >= 0.6 is 34.8 Å². The first-order chi connectivity index (χ1) is 16.3. The van der Waals surface area contributed by atoms with E-state index in [4.69, 9.17) is 34.8 Å². The summed E-state index contributed by atoms with van der Waals surface area (Å²) in [4.78, 5) is 28.0. The molecule has 0 aliphatic rings. The Morgan fingerprint density at radius 2 is 1.63 bits per heavy atom. The van der Waals surface area contributed by atoms with Gasteiger partial charge in [-0.2, -0.15) is 0 Å². The van der Waals surface area contributed by atoms with Crippen LogP contribution in [0.1, 0.15) is 38.3 Å². The lowest BCUT2D eigenvalue weighted by molar-refractivity contribution is -0.140. The fraction of sp³-hybridized carbons (Fsp3) is 0.417. The van der Waals surface area contributed by atoms with Gasteiger partial charge in [-0.1, -0.05) is 53.9 Å². The van der Waals surface area contributed by atoms with E-state index in [0.29, 0.717) is 27.1 Å². The predicted molar refractivity (Wildman–Crippen MR) is 143 cm³/mol. The molecule has 0 bridgehead atoms. The molecule has 192 valence electrons. The fourth-order valence-corrected chi connectivity index (χ4v) is 5.04. The van der Waals surface area contributed by atoms with Crippen LogP contribution < -0.4 is 9.62 Å². The van der Waals surface area contributed by atoms with Crippen molar-refractivity contribution in [3.05, 3.63) is 62.6 Å². The molecule has 0 fully saturated rings. The van der Waals surface area contributed by atoms with Crippen LogP contribution in [-0.2, 0) is 26.2 Å². The zero-order valence-corrected chi connectivity index (χ0v) is 23.4. The molecular weight excluding hydrogens is 533 g/mol. The number of amides is 2. The zero-order valence-electron chi connectivity index (χ0n) is 20.3. The lowest BCUT2D eigenvalue weighted by Gasteiger charge is -2.33. The van der Waals surface area contributed by atoms with Crippen molar-refractivity contribution in [1.29, 1.82) is 0 Å². The maximum absolute atomic E-state index is 13.7. The summed E-state index contributed by atoms with van der Waals surface area (Å²) in [5.41, 5.74) is 1.47. The van der Waals surface area contributed by atoms with Gasteiger partial charge in [-0.25, -0.2) is 8.42 Å². The Labute approximate surface area is 222 Å². The zero-order chi connectivity index (χ0) is 26.5. The molecule has 7 nitrogen and oxygen atoms in total. The molecule has 1 N–H and O–H groups in total. The number of sulfonamides is 1. The summed E-state index contributed by atoms with van der Waals surface area (Å²) in [5.74, 6) is -0.947. The maximum Gasteiger partial charge on any atom is 0.244 e. The molecule has 0 saturated heterocycles. The largest absolute Gasteiger partial charge is 0.352 e. The predicted octanol–water partition coefficient (Wildman–Crippen LogP) is 5.05. The van der Waals surface area contributed by atoms with Crippen molar-refractivity contribution in [2.45, 2.75) is 52.7 Å². The minimum atomic E-state index is -3.86. The smallest absolute Gasteiger partial charge is 0.244 e. The Balaban J connectivity index is 2.52. The number of halogens is 3. The Morgan fingerprint density at radius 3 is 2.11 bits per heavy atom. The van der Waals surface area contributed by atoms with Crippen LogP contribution in [0.3, 0.4) is 0 Å². The van der Waals surface area contributed by atoms with E-state index in [-0.39, 0.29) is 24.2 Å². The van der Waals surface area contributed by atoms with Gasteiger partial charge in [-0.05, 0) is 57.0 Å². The Hall–Kier alpha value is -2.00. The van der Waals surface area contributed by atoms with Crippen LogP contribution in [0.15, 0.2) is 36.4 Å². The normalized spacial score (nSPS) is 12.4. The van der Waals surface area contributed by atoms with Crippen LogP contribution in [0.4, 0.5) is 5.69 Å². The van der Waals surface area contributed by atoms with Gasteiger partial charge in [0.15, 0.2) is 0 Å². The van der Waals surface area contributed by atoms with Crippen LogP contribution in [0.2, 0.25) is 15.1 Å². The standard InChI is InChI=1S/C24H30Cl3N3O4S/c1-6-22(24(32)28-15(2)3)29(13-18-19(25)8-7-9-20(18)26)23(31)14-30(35(5,33)34)17-11-10-16(4)21(27)12-17/h7-12,15,22H,6,13-14H2,1-5H3,(H,28,32)/t22-/m0/s1. The molecule has 11 heteroatoms. The summed E-state index contributed by atoms with van der Waals surface area (Å²) in [7, 11) is -3.86. The van der Waals surface area contributed by atoms with Gasteiger partial charge >= 0.3 is 0 Å². The summed E-state index contributed by atoms with van der Waals surface area (Å²) >= 11 is 18.9. The SMILES string of the molecule is CC[C@@H](C(=O)NC(C)C)N(Cc1c(Cl)cccc1Cl)C(=O)CN(c1ccc(C)c(Cl)c1)S(C)(=O)=O. The van der Waals surface area contributed by atoms with Gasteiger partial charge < -0.3 is 10.2 Å². The first-order valence-corrected chi connectivity index (χ1v) is 14.0. The van der Waals surface area contributed by atoms with Crippen molar-refractivity contribution in [3.8, 4) is 0 Å². The molecule has 0 aliphatic heterocycles. The molecule has 2 aromatic carbocycles. The molecule has 0 spiro atoms. The van der Waals surface area contributed by atoms with Crippen LogP contribution in [0, 0.1) is 6.92 Å². The van der Waals surface area contributed by atoms with E-state index in [1.165, 1.54) is 11.0 Å². The highest BCUT2D eigenvalue weighted by Gasteiger charge is 2.32. The number of rotatable bonds is 10. The van der Waals surface area contributed by atoms with Gasteiger partial charge in [0.05, 0.1) is 11.9 Å². The summed E-state index contributed by atoms with van der Waals surface area (Å²) in [6.07, 6.45) is 1.30. The number of nitrogens with zero attached hydrogens (tertiary/aromatic N) is 2. The molecule has 0 aliphatic carbocycles. The summed E-state index contributed by atoms with van der Waals surface area (Å²) < 4.78 is 26.3. The third-order valence-corrected chi connectivity index (χ3v) is 7.59. The van der Waals surface area contributed by atoms with Gasteiger partial charge in [-0.15, -0.1) is 0 Å². The molecule has 35 heavy (non-hydrogen) atoms. The molecular formula is C24H30Cl3N3O4S. The number of hydrogen-bond donors (Lipinski definition) is 1. The second kappa shape index (κ2) is 12.3. The van der Waals surface area contributed by atoms with Crippen molar-refractivity contribution in [2.24, 2.45) is 0 Å². The number of hydrogen-bond acceptors (Lipinski definition) is 4. The molecule has 0 radical (unpaired) electrons. The minimum Gasteiger partial charge on any atom is -0.352 e. The van der Waals surface area contributed by atoms with Crippen LogP contribution in [0.25, 0.3) is 0 Å². The highest BCUT2D eigenvalue weighted by molar-refractivity contribution is 7.92. The van der Waals surface area contributed by atoms with E-state index in [2.05, 4.69) is 5.32 Å². The molecule has 2 rings (SSSR count). The van der Waals surface area contributed by atoms with E-state index in [1.807, 2.05) is 13.8 Å². The highest BCUT2D eigenvalue weighted by Crippen LogP contribution is 2.28. The lowest BCUT2D eigenvalue weighted by atomic mass is 10.1. The molecule has 0 unspecified atom stereocenters. The molecule has 0 aromatic heterocycles. The Morgan fingerprint density at radius 1 is 1.03 bits per heavy atom. The quantitative estimate of drug-likeness (QED) is 0.439. The number of carbonyl (C=O) groups is 2. The number of benzene rings is 2. The lowest BCUT2D eigenvalue weighted by Crippen LogP contribution is -2.53. The molecule has 1 atom stereocenters. The molecule has 2 amide bonds. The van der Waals surface area contributed by atoms with Gasteiger partial charge in [0.25, 0.3) is 0 Å². The summed E-state index contributed by atoms with van der Waals surface area (Å²) in [6.45, 7) is 6.57. The average molecular weight is 563 g/mol. The molecule has 0 heterocycles. The van der Waals surface area contributed by atoms with Crippen LogP contribution in [0.5, 0.6) is 0 Å². The topological polar surface area (TPSA) is 86.8 Å². The molecule has 0 saturated carbocycles. The van der Waals surface area contributed by atoms with E-state index in [1.54, 1.807) is 44.2 Å². The summed E-state index contributed by atoms with van der Waals surface area (Å²) in [5, 5.41) is 3.86. The van der Waals surface area contributed by atoms with Crippen molar-refractivity contribution in [1.82, 2.24) is 10.2 Å². The maximum atomic E-state index is 13.7. The second-order valence-corrected chi connectivity index (χ2v) is 11.6. The van der Waals surface area contributed by atoms with Gasteiger partial charge in [0.1, 0.15) is 12.6 Å². The minimum absolute atomic E-state index is 0.0758. The van der Waals surface area contributed by atoms with Crippen LogP contribution in [-0.4, -0.2) is 50.0 Å². The number of nitrogens with one attached hydrogen (secondary N) is 1. The number of aryl methyl sites for hydroxylation is 1. The Kier molecular flexibility index (Phi) is 10.3. The number of anilines is 1. The average Bonchev–Trinajstić information content (AvgIpc) is 2.74. The Bertz CT molecular complexity index is 1170. The highest BCUT2D eigenvalue weighted by atomic mass is 35.5. The van der Waals surface area contributed by atoms with E-state index >= 15 is 0 Å². The fourth-order valence-electron chi connectivity index (χ4n) is 3.50. The molecule has 2 aromatic rings. The number of carbonyl (C=O) groups excluding carboxylic acids is 2. The van der Waals surface area contributed by atoms with E-state index < -0.39 is 28.5 Å². The van der Waals surface area contributed by atoms with E-state index in [9.17, 15) is 18.0 Å². The van der Waals surface area contributed by atoms with Gasteiger partial charge in [-0.3, -0.25) is 13.9 Å². The van der Waals surface area contributed by atoms with E-state index in [0.717, 1.165) is 16.1 Å². The van der Waals surface area contributed by atoms with Crippen molar-refractivity contribution < 1.29 is 18.0 Å². The van der Waals surface area contributed by atoms with Gasteiger partial charge in [0, 0.05) is 33.2 Å². The third kappa shape index (κ3) is 7.74. The summed E-state index contributed by atoms with van der Waals surface area (Å²) in [6, 6.07) is 8.66. The van der Waals surface area contributed by atoms with Crippen molar-refractivity contribution >= 4 is 62.3 Å². The van der Waals surface area contributed by atoms with Gasteiger partial charge in [0.2, 0.25) is 21.8 Å². The first kappa shape index (κ1) is 29.2. The van der Waals surface area contributed by atoms with Crippen molar-refractivity contribution in [2.75, 3.05) is 17.1 Å². The third-order valence-electron chi connectivity index (χ3n) is 5.33.